The van der Waals surface area contributed by atoms with Crippen molar-refractivity contribution >= 4 is 0 Å². The second kappa shape index (κ2) is 3.97. The molecule has 2 saturated carbocycles. The van der Waals surface area contributed by atoms with Gasteiger partial charge in [-0.05, 0) is 44.6 Å². The Balaban J connectivity index is 1.61. The molecular formula is C12H19N3. The maximum Gasteiger partial charge on any atom is 0.0949 e. The van der Waals surface area contributed by atoms with Gasteiger partial charge in [0.2, 0.25) is 0 Å². The maximum atomic E-state index is 4.14. The Kier molecular flexibility index (Phi) is 2.49. The van der Waals surface area contributed by atoms with Crippen LogP contribution in [0.4, 0.5) is 0 Å². The summed E-state index contributed by atoms with van der Waals surface area (Å²) in [7, 11) is 0. The molecule has 2 aliphatic carbocycles. The molecule has 0 aliphatic heterocycles. The van der Waals surface area contributed by atoms with Crippen molar-refractivity contribution in [2.75, 3.05) is 6.54 Å². The first-order valence-corrected chi connectivity index (χ1v) is 6.14. The van der Waals surface area contributed by atoms with Crippen LogP contribution in [0.3, 0.4) is 0 Å². The average molecular weight is 205 g/mol. The lowest BCUT2D eigenvalue weighted by Gasteiger charge is -2.22. The molecule has 1 N–H and O–H groups in total. The molecule has 2 aliphatic rings. The molecule has 0 saturated heterocycles. The summed E-state index contributed by atoms with van der Waals surface area (Å²) < 4.78 is 2.28. The zero-order valence-corrected chi connectivity index (χ0v) is 9.10. The summed E-state index contributed by atoms with van der Waals surface area (Å²) in [5.74, 6) is 0.981. The molecule has 2 fully saturated rings. The van der Waals surface area contributed by atoms with Crippen molar-refractivity contribution in [3.05, 3.63) is 18.7 Å². The average Bonchev–Trinajstić information content (AvgIpc) is 2.79. The van der Waals surface area contributed by atoms with Gasteiger partial charge in [0.05, 0.1) is 6.33 Å². The van der Waals surface area contributed by atoms with Gasteiger partial charge in [-0.2, -0.15) is 0 Å². The highest BCUT2D eigenvalue weighted by Gasteiger charge is 2.30. The van der Waals surface area contributed by atoms with Gasteiger partial charge in [-0.3, -0.25) is 0 Å². The van der Waals surface area contributed by atoms with Crippen LogP contribution in [0, 0.1) is 5.92 Å². The minimum atomic E-state index is 0.645. The number of nitrogens with zero attached hydrogens (tertiary/aromatic N) is 2. The van der Waals surface area contributed by atoms with Gasteiger partial charge < -0.3 is 9.88 Å². The highest BCUT2D eigenvalue weighted by Crippen LogP contribution is 2.32. The largest absolute Gasteiger partial charge is 0.333 e. The zero-order valence-electron chi connectivity index (χ0n) is 9.10. The van der Waals surface area contributed by atoms with Crippen LogP contribution < -0.4 is 5.32 Å². The molecule has 0 amide bonds. The van der Waals surface area contributed by atoms with E-state index in [-0.39, 0.29) is 0 Å². The smallest absolute Gasteiger partial charge is 0.0949 e. The van der Waals surface area contributed by atoms with E-state index in [2.05, 4.69) is 21.1 Å². The van der Waals surface area contributed by atoms with Crippen LogP contribution >= 0.6 is 0 Å². The van der Waals surface area contributed by atoms with E-state index >= 15 is 0 Å². The lowest BCUT2D eigenvalue weighted by Crippen LogP contribution is -2.34. The van der Waals surface area contributed by atoms with Crippen molar-refractivity contribution in [3.8, 4) is 0 Å². The molecule has 3 rings (SSSR count). The van der Waals surface area contributed by atoms with Crippen LogP contribution in [0.25, 0.3) is 0 Å². The first-order chi connectivity index (χ1) is 7.43. The molecule has 15 heavy (non-hydrogen) atoms. The summed E-state index contributed by atoms with van der Waals surface area (Å²) in [6, 6.07) is 1.33. The molecule has 2 atom stereocenters. The van der Waals surface area contributed by atoms with Gasteiger partial charge in [0.1, 0.15) is 0 Å². The SMILES string of the molecule is c1cn(C2CCCC2NCC2CC2)cn1. The van der Waals surface area contributed by atoms with E-state index in [9.17, 15) is 0 Å². The van der Waals surface area contributed by atoms with Crippen molar-refractivity contribution in [2.24, 2.45) is 5.92 Å². The molecule has 2 unspecified atom stereocenters. The number of hydrogen-bond acceptors (Lipinski definition) is 2. The molecule has 3 nitrogen and oxygen atoms in total. The highest BCUT2D eigenvalue weighted by atomic mass is 15.1. The van der Waals surface area contributed by atoms with Gasteiger partial charge in [-0.1, -0.05) is 0 Å². The van der Waals surface area contributed by atoms with Crippen LogP contribution in [0.1, 0.15) is 38.1 Å². The number of aromatic nitrogens is 2. The van der Waals surface area contributed by atoms with Gasteiger partial charge in [0.25, 0.3) is 0 Å². The lowest BCUT2D eigenvalue weighted by molar-refractivity contribution is 0.387. The fraction of sp³-hybridized carbons (Fsp3) is 0.750. The first-order valence-electron chi connectivity index (χ1n) is 6.14. The van der Waals surface area contributed by atoms with E-state index in [0.717, 1.165) is 5.92 Å². The third-order valence-electron chi connectivity index (χ3n) is 3.75. The maximum absolute atomic E-state index is 4.14. The van der Waals surface area contributed by atoms with Crippen molar-refractivity contribution in [2.45, 2.75) is 44.2 Å². The fourth-order valence-corrected chi connectivity index (χ4v) is 2.64. The molecule has 1 aromatic rings. The minimum Gasteiger partial charge on any atom is -0.333 e. The van der Waals surface area contributed by atoms with Crippen LogP contribution in [-0.4, -0.2) is 22.1 Å². The van der Waals surface area contributed by atoms with Gasteiger partial charge in [-0.15, -0.1) is 0 Å². The van der Waals surface area contributed by atoms with Crippen molar-refractivity contribution in [1.29, 1.82) is 0 Å². The number of imidazole rings is 1. The molecule has 82 valence electrons. The van der Waals surface area contributed by atoms with Gasteiger partial charge in [0.15, 0.2) is 0 Å². The predicted octanol–water partition coefficient (Wildman–Crippen LogP) is 1.98. The topological polar surface area (TPSA) is 29.9 Å². The van der Waals surface area contributed by atoms with E-state index < -0.39 is 0 Å². The van der Waals surface area contributed by atoms with Crippen LogP contribution in [0.15, 0.2) is 18.7 Å². The first kappa shape index (κ1) is 9.40. The third-order valence-corrected chi connectivity index (χ3v) is 3.75. The second-order valence-electron chi connectivity index (χ2n) is 4.97. The standard InChI is InChI=1S/C12H19N3/c1-2-11(14-8-10-4-5-10)12(3-1)15-7-6-13-9-15/h6-7,9-12,14H,1-5,8H2. The van der Waals surface area contributed by atoms with Crippen LogP contribution in [-0.2, 0) is 0 Å². The molecule has 3 heteroatoms. The monoisotopic (exact) mass is 205 g/mol. The Hall–Kier alpha value is -0.830. The Morgan fingerprint density at radius 2 is 2.20 bits per heavy atom. The fourth-order valence-electron chi connectivity index (χ4n) is 2.64. The van der Waals surface area contributed by atoms with Crippen LogP contribution in [0.2, 0.25) is 0 Å². The Morgan fingerprint density at radius 1 is 1.27 bits per heavy atom. The van der Waals surface area contributed by atoms with E-state index in [4.69, 9.17) is 0 Å². The van der Waals surface area contributed by atoms with Gasteiger partial charge in [-0.25, -0.2) is 4.98 Å². The molecule has 0 bridgehead atoms. The summed E-state index contributed by atoms with van der Waals surface area (Å²) in [5.41, 5.74) is 0. The van der Waals surface area contributed by atoms with Gasteiger partial charge >= 0.3 is 0 Å². The van der Waals surface area contributed by atoms with E-state index in [1.165, 1.54) is 38.6 Å². The minimum absolute atomic E-state index is 0.645. The summed E-state index contributed by atoms with van der Waals surface area (Å²) in [4.78, 5) is 4.14. The van der Waals surface area contributed by atoms with E-state index in [1.807, 2.05) is 12.5 Å². The number of hydrogen-bond donors (Lipinski definition) is 1. The predicted molar refractivity (Wildman–Crippen MR) is 59.6 cm³/mol. The van der Waals surface area contributed by atoms with Crippen molar-refractivity contribution < 1.29 is 0 Å². The van der Waals surface area contributed by atoms with Crippen molar-refractivity contribution in [3.63, 3.8) is 0 Å². The zero-order chi connectivity index (χ0) is 10.1. The third kappa shape index (κ3) is 2.07. The van der Waals surface area contributed by atoms with Crippen molar-refractivity contribution in [1.82, 2.24) is 14.9 Å². The molecule has 1 heterocycles. The molecule has 0 radical (unpaired) electrons. The van der Waals surface area contributed by atoms with Crippen LogP contribution in [0.5, 0.6) is 0 Å². The normalized spacial score (nSPS) is 30.9. The summed E-state index contributed by atoms with van der Waals surface area (Å²) in [6.45, 7) is 1.23. The van der Waals surface area contributed by atoms with Gasteiger partial charge in [0, 0.05) is 24.5 Å². The van der Waals surface area contributed by atoms with E-state index in [1.54, 1.807) is 0 Å². The Bertz CT molecular complexity index is 303. The molecule has 1 aromatic heterocycles. The molecule has 0 spiro atoms. The summed E-state index contributed by atoms with van der Waals surface area (Å²) in [5, 5.41) is 3.73. The highest BCUT2D eigenvalue weighted by molar-refractivity contribution is 4.92. The second-order valence-corrected chi connectivity index (χ2v) is 4.97. The summed E-state index contributed by atoms with van der Waals surface area (Å²) >= 11 is 0. The summed E-state index contributed by atoms with van der Waals surface area (Å²) in [6.07, 6.45) is 12.8. The quantitative estimate of drug-likeness (QED) is 0.814. The Labute approximate surface area is 90.9 Å². The lowest BCUT2D eigenvalue weighted by atomic mass is 10.1. The Morgan fingerprint density at radius 3 is 2.93 bits per heavy atom. The van der Waals surface area contributed by atoms with E-state index in [0.29, 0.717) is 12.1 Å². The molecular weight excluding hydrogens is 186 g/mol. The molecule has 0 aromatic carbocycles. The number of rotatable bonds is 4. The number of nitrogens with one attached hydrogen (secondary N) is 1.